The normalized spacial score (nSPS) is 22.5. The molecule has 1 saturated heterocycles. The van der Waals surface area contributed by atoms with Crippen LogP contribution in [0.3, 0.4) is 0 Å². The average Bonchev–Trinajstić information content (AvgIpc) is 2.15. The van der Waals surface area contributed by atoms with Crippen LogP contribution in [0.15, 0.2) is 0 Å². The number of rotatable bonds is 4. The summed E-state index contributed by atoms with van der Waals surface area (Å²) in [6, 6.07) is 0. The molecule has 12 heavy (non-hydrogen) atoms. The fourth-order valence-corrected chi connectivity index (χ4v) is 2.02. The van der Waals surface area contributed by atoms with Crippen LogP contribution in [-0.4, -0.2) is 25.8 Å². The molecule has 2 nitrogen and oxygen atoms in total. The van der Waals surface area contributed by atoms with Gasteiger partial charge in [-0.2, -0.15) is 0 Å². The molecule has 0 spiro atoms. The van der Waals surface area contributed by atoms with Crippen molar-refractivity contribution < 1.29 is 4.74 Å². The van der Waals surface area contributed by atoms with E-state index in [1.807, 2.05) is 0 Å². The van der Waals surface area contributed by atoms with Crippen LogP contribution in [0.2, 0.25) is 0 Å². The van der Waals surface area contributed by atoms with E-state index < -0.39 is 0 Å². The maximum atomic E-state index is 5.70. The van der Waals surface area contributed by atoms with Crippen molar-refractivity contribution in [1.82, 2.24) is 5.32 Å². The molecule has 0 radical (unpaired) electrons. The van der Waals surface area contributed by atoms with Crippen molar-refractivity contribution >= 4 is 0 Å². The third kappa shape index (κ3) is 2.76. The lowest BCUT2D eigenvalue weighted by atomic mass is 9.91. The van der Waals surface area contributed by atoms with Gasteiger partial charge in [0, 0.05) is 6.61 Å². The summed E-state index contributed by atoms with van der Waals surface area (Å²) < 4.78 is 5.70. The second-order valence-corrected chi connectivity index (χ2v) is 3.49. The van der Waals surface area contributed by atoms with Gasteiger partial charge in [-0.25, -0.2) is 0 Å². The van der Waals surface area contributed by atoms with Gasteiger partial charge in [0.1, 0.15) is 0 Å². The first-order chi connectivity index (χ1) is 5.88. The van der Waals surface area contributed by atoms with Gasteiger partial charge in [-0.15, -0.1) is 0 Å². The molecule has 0 saturated carbocycles. The summed E-state index contributed by atoms with van der Waals surface area (Å²) in [7, 11) is 0. The molecule has 1 heterocycles. The summed E-state index contributed by atoms with van der Waals surface area (Å²) in [5.41, 5.74) is 0. The Bertz CT molecular complexity index is 108. The van der Waals surface area contributed by atoms with E-state index in [2.05, 4.69) is 19.2 Å². The molecule has 0 aromatic carbocycles. The Morgan fingerprint density at radius 1 is 1.33 bits per heavy atom. The van der Waals surface area contributed by atoms with Gasteiger partial charge in [0.25, 0.3) is 0 Å². The van der Waals surface area contributed by atoms with Crippen molar-refractivity contribution in [2.24, 2.45) is 5.92 Å². The standard InChI is InChI=1S/C10H21NO/c1-3-10(12-4-2)9-5-7-11-8-6-9/h9-11H,3-8H2,1-2H3/t10-/m0/s1. The van der Waals surface area contributed by atoms with E-state index in [0.717, 1.165) is 12.5 Å². The molecule has 0 aromatic rings. The van der Waals surface area contributed by atoms with Gasteiger partial charge < -0.3 is 10.1 Å². The first-order valence-corrected chi connectivity index (χ1v) is 5.20. The lowest BCUT2D eigenvalue weighted by molar-refractivity contribution is 0.00743. The van der Waals surface area contributed by atoms with Gasteiger partial charge in [-0.3, -0.25) is 0 Å². The van der Waals surface area contributed by atoms with Gasteiger partial charge in [-0.1, -0.05) is 6.92 Å². The average molecular weight is 171 g/mol. The predicted octanol–water partition coefficient (Wildman–Crippen LogP) is 1.80. The van der Waals surface area contributed by atoms with E-state index >= 15 is 0 Å². The monoisotopic (exact) mass is 171 g/mol. The summed E-state index contributed by atoms with van der Waals surface area (Å²) in [4.78, 5) is 0. The van der Waals surface area contributed by atoms with Crippen LogP contribution in [0.4, 0.5) is 0 Å². The Kier molecular flexibility index (Phi) is 4.62. The molecule has 0 amide bonds. The Morgan fingerprint density at radius 3 is 2.50 bits per heavy atom. The van der Waals surface area contributed by atoms with Crippen molar-refractivity contribution in [3.8, 4) is 0 Å². The molecule has 1 rings (SSSR count). The van der Waals surface area contributed by atoms with Crippen LogP contribution in [0.25, 0.3) is 0 Å². The van der Waals surface area contributed by atoms with Crippen molar-refractivity contribution in [2.45, 2.75) is 39.2 Å². The van der Waals surface area contributed by atoms with Gasteiger partial charge in [-0.05, 0) is 45.2 Å². The topological polar surface area (TPSA) is 21.3 Å². The van der Waals surface area contributed by atoms with Crippen LogP contribution in [-0.2, 0) is 4.74 Å². The van der Waals surface area contributed by atoms with E-state index in [1.54, 1.807) is 0 Å². The van der Waals surface area contributed by atoms with E-state index in [-0.39, 0.29) is 0 Å². The molecule has 1 atom stereocenters. The van der Waals surface area contributed by atoms with Crippen molar-refractivity contribution in [3.05, 3.63) is 0 Å². The second-order valence-electron chi connectivity index (χ2n) is 3.49. The highest BCUT2D eigenvalue weighted by atomic mass is 16.5. The van der Waals surface area contributed by atoms with Crippen LogP contribution in [0, 0.1) is 5.92 Å². The fourth-order valence-electron chi connectivity index (χ4n) is 2.02. The SMILES string of the molecule is CCO[C@@H](CC)C1CCNCC1. The molecule has 72 valence electrons. The summed E-state index contributed by atoms with van der Waals surface area (Å²) in [5.74, 6) is 0.802. The number of hydrogen-bond donors (Lipinski definition) is 1. The molecular weight excluding hydrogens is 150 g/mol. The van der Waals surface area contributed by atoms with E-state index in [1.165, 1.54) is 32.4 Å². The lowest BCUT2D eigenvalue weighted by Gasteiger charge is -2.29. The third-order valence-electron chi connectivity index (χ3n) is 2.69. The number of ether oxygens (including phenoxy) is 1. The summed E-state index contributed by atoms with van der Waals surface area (Å²) in [5, 5.41) is 3.38. The maximum absolute atomic E-state index is 5.70. The molecular formula is C10H21NO. The Labute approximate surface area is 75.7 Å². The van der Waals surface area contributed by atoms with Crippen LogP contribution in [0.5, 0.6) is 0 Å². The molecule has 2 heteroatoms. The van der Waals surface area contributed by atoms with Gasteiger partial charge >= 0.3 is 0 Å². The molecule has 1 N–H and O–H groups in total. The summed E-state index contributed by atoms with van der Waals surface area (Å²) >= 11 is 0. The van der Waals surface area contributed by atoms with E-state index in [9.17, 15) is 0 Å². The summed E-state index contributed by atoms with van der Waals surface area (Å²) in [6.45, 7) is 7.52. The molecule has 1 aliphatic heterocycles. The van der Waals surface area contributed by atoms with Crippen molar-refractivity contribution in [1.29, 1.82) is 0 Å². The molecule has 0 bridgehead atoms. The minimum atomic E-state index is 0.511. The first kappa shape index (κ1) is 10.0. The highest BCUT2D eigenvalue weighted by Gasteiger charge is 2.21. The zero-order chi connectivity index (χ0) is 8.81. The minimum absolute atomic E-state index is 0.511. The smallest absolute Gasteiger partial charge is 0.0601 e. The molecule has 0 aliphatic carbocycles. The van der Waals surface area contributed by atoms with Crippen molar-refractivity contribution in [3.63, 3.8) is 0 Å². The highest BCUT2D eigenvalue weighted by molar-refractivity contribution is 4.75. The van der Waals surface area contributed by atoms with Gasteiger partial charge in [0.2, 0.25) is 0 Å². The summed E-state index contributed by atoms with van der Waals surface area (Å²) in [6.07, 6.45) is 4.26. The number of nitrogens with one attached hydrogen (secondary N) is 1. The second kappa shape index (κ2) is 5.55. The van der Waals surface area contributed by atoms with Crippen molar-refractivity contribution in [2.75, 3.05) is 19.7 Å². The zero-order valence-corrected chi connectivity index (χ0v) is 8.31. The predicted molar refractivity (Wildman–Crippen MR) is 51.3 cm³/mol. The highest BCUT2D eigenvalue weighted by Crippen LogP contribution is 2.20. The lowest BCUT2D eigenvalue weighted by Crippen LogP contribution is -2.35. The first-order valence-electron chi connectivity index (χ1n) is 5.20. The van der Waals surface area contributed by atoms with Crippen LogP contribution < -0.4 is 5.32 Å². The number of piperidine rings is 1. The molecule has 0 aromatic heterocycles. The quantitative estimate of drug-likeness (QED) is 0.696. The largest absolute Gasteiger partial charge is 0.378 e. The fraction of sp³-hybridized carbons (Fsp3) is 1.00. The zero-order valence-electron chi connectivity index (χ0n) is 8.31. The van der Waals surface area contributed by atoms with Crippen LogP contribution in [0.1, 0.15) is 33.1 Å². The third-order valence-corrected chi connectivity index (χ3v) is 2.69. The molecule has 0 unspecified atom stereocenters. The van der Waals surface area contributed by atoms with Crippen LogP contribution >= 0.6 is 0 Å². The molecule has 1 fully saturated rings. The Hall–Kier alpha value is -0.0800. The molecule has 1 aliphatic rings. The maximum Gasteiger partial charge on any atom is 0.0601 e. The minimum Gasteiger partial charge on any atom is -0.378 e. The Balaban J connectivity index is 2.29. The van der Waals surface area contributed by atoms with E-state index in [4.69, 9.17) is 4.74 Å². The van der Waals surface area contributed by atoms with Gasteiger partial charge in [0.15, 0.2) is 0 Å². The van der Waals surface area contributed by atoms with Gasteiger partial charge in [0.05, 0.1) is 6.10 Å². The van der Waals surface area contributed by atoms with E-state index in [0.29, 0.717) is 6.10 Å². The Morgan fingerprint density at radius 2 is 2.00 bits per heavy atom. The number of hydrogen-bond acceptors (Lipinski definition) is 2.